The van der Waals surface area contributed by atoms with Crippen molar-refractivity contribution in [1.82, 2.24) is 4.98 Å². The van der Waals surface area contributed by atoms with Crippen LogP contribution in [0.4, 0.5) is 8.78 Å². The summed E-state index contributed by atoms with van der Waals surface area (Å²) in [5, 5.41) is 8.90. The molecule has 1 aromatic heterocycles. The van der Waals surface area contributed by atoms with Crippen LogP contribution in [0, 0.1) is 3.70 Å². The number of hydrogen-bond donors (Lipinski definition) is 1. The van der Waals surface area contributed by atoms with Gasteiger partial charge >= 0.3 is 0 Å². The number of alkyl halides is 3. The van der Waals surface area contributed by atoms with Crippen LogP contribution in [0.15, 0.2) is 6.07 Å². The molecule has 2 nitrogen and oxygen atoms in total. The van der Waals surface area contributed by atoms with Crippen molar-refractivity contribution in [3.63, 3.8) is 0 Å². The number of rotatable bonds is 3. The number of halogens is 4. The molecule has 1 rings (SSSR count). The molecule has 0 aliphatic carbocycles. The van der Waals surface area contributed by atoms with Crippen LogP contribution in [0.5, 0.6) is 0 Å². The largest absolute Gasteiger partial charge is 0.392 e. The Hall–Kier alpha value is -0.0100. The summed E-state index contributed by atoms with van der Waals surface area (Å²) in [6.45, 7) is -0.437. The predicted octanol–water partition coefficient (Wildman–Crippen LogP) is 2.85. The maximum Gasteiger partial charge on any atom is 0.264 e. The first-order valence-electron chi connectivity index (χ1n) is 3.73. The number of pyridine rings is 1. The number of hydrogen-bond acceptors (Lipinski definition) is 2. The average Bonchev–Trinajstić information content (AvgIpc) is 2.16. The molecule has 0 spiro atoms. The summed E-state index contributed by atoms with van der Waals surface area (Å²) in [6, 6.07) is 1.23. The van der Waals surface area contributed by atoms with E-state index in [1.807, 2.05) is 0 Å². The second-order valence-corrected chi connectivity index (χ2v) is 3.85. The molecule has 6 heteroatoms. The maximum absolute atomic E-state index is 12.5. The molecular weight excluding hydrogens is 326 g/mol. The van der Waals surface area contributed by atoms with E-state index < -0.39 is 13.0 Å². The maximum atomic E-state index is 12.5. The minimum Gasteiger partial charge on any atom is -0.392 e. The molecule has 0 unspecified atom stereocenters. The Labute approximate surface area is 98.4 Å². The van der Waals surface area contributed by atoms with Crippen molar-refractivity contribution in [3.05, 3.63) is 26.6 Å². The zero-order chi connectivity index (χ0) is 10.7. The van der Waals surface area contributed by atoms with Gasteiger partial charge in [0.2, 0.25) is 0 Å². The van der Waals surface area contributed by atoms with Gasteiger partial charge in [-0.15, -0.1) is 11.6 Å². The fourth-order valence-corrected chi connectivity index (χ4v) is 1.96. The van der Waals surface area contributed by atoms with E-state index in [9.17, 15) is 8.78 Å². The average molecular weight is 334 g/mol. The number of aliphatic hydroxyl groups is 1. The van der Waals surface area contributed by atoms with E-state index in [-0.39, 0.29) is 17.0 Å². The number of aromatic nitrogens is 1. The van der Waals surface area contributed by atoms with Gasteiger partial charge in [-0.05, 0) is 28.7 Å². The lowest BCUT2D eigenvalue weighted by Crippen LogP contribution is -2.03. The number of nitrogens with zero attached hydrogens (tertiary/aromatic N) is 1. The topological polar surface area (TPSA) is 33.1 Å². The van der Waals surface area contributed by atoms with Crippen molar-refractivity contribution >= 4 is 34.2 Å². The molecule has 0 radical (unpaired) electrons. The smallest absolute Gasteiger partial charge is 0.264 e. The summed E-state index contributed by atoms with van der Waals surface area (Å²) in [5.41, 5.74) is 0.376. The normalized spacial score (nSPS) is 11.0. The minimum atomic E-state index is -2.62. The first kappa shape index (κ1) is 12.1. The van der Waals surface area contributed by atoms with Gasteiger partial charge in [-0.3, -0.25) is 0 Å². The Morgan fingerprint density at radius 2 is 2.21 bits per heavy atom. The van der Waals surface area contributed by atoms with Crippen LogP contribution < -0.4 is 0 Å². The molecule has 0 fully saturated rings. The van der Waals surface area contributed by atoms with Gasteiger partial charge in [0.25, 0.3) is 6.43 Å². The van der Waals surface area contributed by atoms with E-state index in [4.69, 9.17) is 16.7 Å². The third-order valence-corrected chi connectivity index (χ3v) is 2.86. The third-order valence-electron chi connectivity index (χ3n) is 1.69. The van der Waals surface area contributed by atoms with Gasteiger partial charge in [0.1, 0.15) is 3.70 Å². The van der Waals surface area contributed by atoms with E-state index in [0.29, 0.717) is 9.39 Å². The second kappa shape index (κ2) is 5.18. The molecule has 0 saturated carbocycles. The highest BCUT2D eigenvalue weighted by atomic mass is 127. The van der Waals surface area contributed by atoms with E-state index >= 15 is 0 Å². The van der Waals surface area contributed by atoms with Crippen molar-refractivity contribution in [2.75, 3.05) is 0 Å². The van der Waals surface area contributed by atoms with Crippen LogP contribution >= 0.6 is 34.2 Å². The molecule has 0 aliphatic heterocycles. The van der Waals surface area contributed by atoms with Crippen molar-refractivity contribution in [3.8, 4) is 0 Å². The molecule has 0 bridgehead atoms. The molecule has 14 heavy (non-hydrogen) atoms. The summed E-state index contributed by atoms with van der Waals surface area (Å²) >= 11 is 7.30. The minimum absolute atomic E-state index is 0.0848. The van der Waals surface area contributed by atoms with Crippen LogP contribution in [0.2, 0.25) is 0 Å². The monoisotopic (exact) mass is 333 g/mol. The van der Waals surface area contributed by atoms with Gasteiger partial charge in [-0.25, -0.2) is 13.8 Å². The lowest BCUT2D eigenvalue weighted by molar-refractivity contribution is 0.146. The first-order valence-corrected chi connectivity index (χ1v) is 5.34. The molecule has 0 aromatic carbocycles. The van der Waals surface area contributed by atoms with Gasteiger partial charge in [-0.1, -0.05) is 0 Å². The SMILES string of the molecule is OCc1c(C(F)F)cc(CCl)nc1I. The Balaban J connectivity index is 3.28. The van der Waals surface area contributed by atoms with Gasteiger partial charge in [0.15, 0.2) is 0 Å². The van der Waals surface area contributed by atoms with Crippen molar-refractivity contribution in [2.45, 2.75) is 18.9 Å². The van der Waals surface area contributed by atoms with Crippen LogP contribution in [-0.4, -0.2) is 10.1 Å². The highest BCUT2D eigenvalue weighted by Gasteiger charge is 2.17. The molecule has 1 heterocycles. The Bertz CT molecular complexity index is 335. The number of aliphatic hydroxyl groups excluding tert-OH is 1. The molecule has 1 aromatic rings. The quantitative estimate of drug-likeness (QED) is 0.524. The standard InChI is InChI=1S/C8H7ClF2INO/c9-2-4-1-5(7(10)11)6(3-14)8(12)13-4/h1,7,14H,2-3H2. The van der Waals surface area contributed by atoms with Crippen LogP contribution in [0.1, 0.15) is 23.2 Å². The fourth-order valence-electron chi connectivity index (χ4n) is 1.03. The third kappa shape index (κ3) is 2.52. The zero-order valence-corrected chi connectivity index (χ0v) is 9.89. The lowest BCUT2D eigenvalue weighted by Gasteiger charge is -2.09. The van der Waals surface area contributed by atoms with Gasteiger partial charge < -0.3 is 5.11 Å². The zero-order valence-electron chi connectivity index (χ0n) is 6.98. The molecule has 0 saturated heterocycles. The molecule has 0 atom stereocenters. The summed E-state index contributed by atoms with van der Waals surface area (Å²) in [7, 11) is 0. The van der Waals surface area contributed by atoms with Crippen LogP contribution in [-0.2, 0) is 12.5 Å². The summed E-state index contributed by atoms with van der Waals surface area (Å²) in [5.74, 6) is 0.0848. The summed E-state index contributed by atoms with van der Waals surface area (Å²) < 4.78 is 25.4. The van der Waals surface area contributed by atoms with Gasteiger partial charge in [0, 0.05) is 11.1 Å². The summed E-state index contributed by atoms with van der Waals surface area (Å²) in [4.78, 5) is 3.97. The summed E-state index contributed by atoms with van der Waals surface area (Å²) in [6.07, 6.45) is -2.62. The second-order valence-electron chi connectivity index (χ2n) is 2.56. The van der Waals surface area contributed by atoms with E-state index in [0.717, 1.165) is 0 Å². The van der Waals surface area contributed by atoms with Crippen LogP contribution in [0.3, 0.4) is 0 Å². The van der Waals surface area contributed by atoms with Crippen molar-refractivity contribution in [1.29, 1.82) is 0 Å². The van der Waals surface area contributed by atoms with Crippen molar-refractivity contribution < 1.29 is 13.9 Å². The highest BCUT2D eigenvalue weighted by Crippen LogP contribution is 2.26. The first-order chi connectivity index (χ1) is 6.60. The molecule has 78 valence electrons. The van der Waals surface area contributed by atoms with Crippen molar-refractivity contribution in [2.24, 2.45) is 0 Å². The lowest BCUT2D eigenvalue weighted by atomic mass is 10.1. The molecule has 1 N–H and O–H groups in total. The molecule has 0 amide bonds. The highest BCUT2D eigenvalue weighted by molar-refractivity contribution is 14.1. The van der Waals surface area contributed by atoms with E-state index in [2.05, 4.69) is 4.98 Å². The molecular formula is C8H7ClF2INO. The van der Waals surface area contributed by atoms with Gasteiger partial charge in [0.05, 0.1) is 18.2 Å². The molecule has 0 aliphatic rings. The Morgan fingerprint density at radius 1 is 1.57 bits per heavy atom. The van der Waals surface area contributed by atoms with E-state index in [1.54, 1.807) is 22.6 Å². The van der Waals surface area contributed by atoms with E-state index in [1.165, 1.54) is 6.07 Å². The Kier molecular flexibility index (Phi) is 4.46. The Morgan fingerprint density at radius 3 is 2.64 bits per heavy atom. The van der Waals surface area contributed by atoms with Crippen LogP contribution in [0.25, 0.3) is 0 Å². The fraction of sp³-hybridized carbons (Fsp3) is 0.375. The predicted molar refractivity (Wildman–Crippen MR) is 57.4 cm³/mol. The van der Waals surface area contributed by atoms with Gasteiger partial charge in [-0.2, -0.15) is 0 Å².